The van der Waals surface area contributed by atoms with Crippen molar-refractivity contribution in [3.05, 3.63) is 29.2 Å². The molecule has 0 aliphatic rings. The highest BCUT2D eigenvalue weighted by molar-refractivity contribution is 5.85. The number of anilines is 1. The molecular weight excluding hydrogens is 270 g/mol. The van der Waals surface area contributed by atoms with Crippen LogP contribution in [-0.2, 0) is 0 Å². The number of aromatic amines is 1. The van der Waals surface area contributed by atoms with Crippen molar-refractivity contribution in [2.75, 3.05) is 25.1 Å². The minimum atomic E-state index is 0.185. The maximum atomic E-state index is 5.40. The average Bonchev–Trinajstić information content (AvgIpc) is 3.03. The zero-order valence-corrected chi connectivity index (χ0v) is 12.3. The van der Waals surface area contributed by atoms with Crippen LogP contribution in [0.25, 0.3) is 5.43 Å². The molecule has 8 nitrogen and oxygen atoms in total. The van der Waals surface area contributed by atoms with Crippen LogP contribution < -0.4 is 9.64 Å². The zero-order valence-electron chi connectivity index (χ0n) is 12.3. The van der Waals surface area contributed by atoms with E-state index in [0.717, 1.165) is 30.1 Å². The van der Waals surface area contributed by atoms with E-state index in [4.69, 9.17) is 4.74 Å². The van der Waals surface area contributed by atoms with E-state index in [-0.39, 0.29) is 5.95 Å². The quantitative estimate of drug-likeness (QED) is 0.622. The number of benzene rings is 1. The van der Waals surface area contributed by atoms with E-state index in [0.29, 0.717) is 0 Å². The summed E-state index contributed by atoms with van der Waals surface area (Å²) in [6.07, 6.45) is 1.60. The highest BCUT2D eigenvalue weighted by Gasteiger charge is 2.06. The topological polar surface area (TPSA) is 93.4 Å². The first-order valence-corrected chi connectivity index (χ1v) is 6.69. The molecule has 1 heterocycles. The van der Waals surface area contributed by atoms with Gasteiger partial charge in [0.1, 0.15) is 5.75 Å². The van der Waals surface area contributed by atoms with Gasteiger partial charge in [0.05, 0.1) is 13.1 Å². The maximum absolute atomic E-state index is 5.40. The number of aromatic nitrogens is 4. The van der Waals surface area contributed by atoms with Crippen LogP contribution in [0.2, 0.25) is 0 Å². The minimum Gasteiger partial charge on any atom is -0.496 e. The van der Waals surface area contributed by atoms with Crippen molar-refractivity contribution in [1.29, 1.82) is 0 Å². The second kappa shape index (κ2) is 7.22. The molecule has 0 aliphatic heterocycles. The monoisotopic (exact) mass is 288 g/mol. The minimum absolute atomic E-state index is 0.185. The van der Waals surface area contributed by atoms with Crippen molar-refractivity contribution in [3.8, 4) is 5.75 Å². The summed E-state index contributed by atoms with van der Waals surface area (Å²) in [6, 6.07) is 5.97. The van der Waals surface area contributed by atoms with Crippen LogP contribution in [0.5, 0.6) is 5.75 Å². The number of H-pyrrole nitrogens is 1. The van der Waals surface area contributed by atoms with Crippen LogP contribution in [-0.4, -0.2) is 47.0 Å². The third-order valence-corrected chi connectivity index (χ3v) is 3.02. The Bertz CT molecular complexity index is 578. The molecule has 2 rings (SSSR count). The van der Waals surface area contributed by atoms with Crippen molar-refractivity contribution >= 4 is 17.9 Å². The molecule has 0 spiro atoms. The van der Waals surface area contributed by atoms with Gasteiger partial charge in [-0.3, -0.25) is 20.8 Å². The van der Waals surface area contributed by atoms with E-state index in [2.05, 4.69) is 49.9 Å². The first kappa shape index (κ1) is 14.8. The molecule has 8 heteroatoms. The summed E-state index contributed by atoms with van der Waals surface area (Å²) in [5.41, 5.74) is 5.76. The second-order valence-electron chi connectivity index (χ2n) is 4.15. The Hall–Kier alpha value is -2.64. The van der Waals surface area contributed by atoms with Gasteiger partial charge >= 0.3 is 0 Å². The van der Waals surface area contributed by atoms with Crippen molar-refractivity contribution < 1.29 is 4.74 Å². The third kappa shape index (κ3) is 3.68. The third-order valence-electron chi connectivity index (χ3n) is 3.02. The van der Waals surface area contributed by atoms with Crippen LogP contribution in [0, 0.1) is 0 Å². The van der Waals surface area contributed by atoms with Gasteiger partial charge in [0.25, 0.3) is 0 Å². The first-order valence-electron chi connectivity index (χ1n) is 6.69. The van der Waals surface area contributed by atoms with Crippen molar-refractivity contribution in [2.24, 2.45) is 5.10 Å². The number of methoxy groups -OCH3 is 1. The molecular formula is C13H18N7O-. The SMILES string of the molecule is CCN(CC)c1ccc(C=N[N-]c2nn[nH]n2)c(OC)c1. The van der Waals surface area contributed by atoms with Gasteiger partial charge in [-0.25, -0.2) is 5.10 Å². The summed E-state index contributed by atoms with van der Waals surface area (Å²) in [4.78, 5) is 2.24. The van der Waals surface area contributed by atoms with E-state index in [1.165, 1.54) is 0 Å². The van der Waals surface area contributed by atoms with Gasteiger partial charge in [-0.2, -0.15) is 0 Å². The van der Waals surface area contributed by atoms with Crippen molar-refractivity contribution in [3.63, 3.8) is 0 Å². The normalized spacial score (nSPS) is 10.8. The molecule has 0 unspecified atom stereocenters. The van der Waals surface area contributed by atoms with E-state index < -0.39 is 0 Å². The standard InChI is InChI=1S/C13H18N7O/c1-4-20(5-2)11-7-6-10(12(8-11)21-3)9-14-15-13-16-18-19-17-13/h6-9H,4-5H2,1-3H3,(H-,15,16,17,18,19)/q-1. The Balaban J connectivity index is 2.14. The Morgan fingerprint density at radius 3 is 2.81 bits per heavy atom. The van der Waals surface area contributed by atoms with Gasteiger partial charge in [0, 0.05) is 36.6 Å². The fraction of sp³-hybridized carbons (Fsp3) is 0.385. The van der Waals surface area contributed by atoms with Gasteiger partial charge in [0.2, 0.25) is 0 Å². The second-order valence-corrected chi connectivity index (χ2v) is 4.15. The van der Waals surface area contributed by atoms with Gasteiger partial charge < -0.3 is 9.64 Å². The summed E-state index contributed by atoms with van der Waals surface area (Å²) >= 11 is 0. The number of hydrogen-bond acceptors (Lipinski definition) is 6. The first-order chi connectivity index (χ1) is 10.3. The van der Waals surface area contributed by atoms with Crippen LogP contribution in [0.4, 0.5) is 11.6 Å². The number of ether oxygens (including phenoxy) is 1. The lowest BCUT2D eigenvalue weighted by molar-refractivity contribution is 0.414. The molecule has 1 aromatic carbocycles. The fourth-order valence-electron chi connectivity index (χ4n) is 1.93. The van der Waals surface area contributed by atoms with Gasteiger partial charge in [0.15, 0.2) is 0 Å². The Morgan fingerprint density at radius 2 is 2.19 bits per heavy atom. The Kier molecular flexibility index (Phi) is 5.08. The van der Waals surface area contributed by atoms with E-state index in [1.54, 1.807) is 13.3 Å². The van der Waals surface area contributed by atoms with Crippen LogP contribution in [0.15, 0.2) is 23.3 Å². The predicted molar refractivity (Wildman–Crippen MR) is 81.3 cm³/mol. The number of nitrogens with zero attached hydrogens (tertiary/aromatic N) is 6. The van der Waals surface area contributed by atoms with Crippen molar-refractivity contribution in [2.45, 2.75) is 13.8 Å². The van der Waals surface area contributed by atoms with Gasteiger partial charge in [-0.1, -0.05) is 0 Å². The Labute approximate surface area is 123 Å². The molecule has 21 heavy (non-hydrogen) atoms. The number of tetrazole rings is 1. The summed E-state index contributed by atoms with van der Waals surface area (Å²) in [6.45, 7) is 6.13. The molecule has 0 bridgehead atoms. The number of rotatable bonds is 7. The molecule has 1 aromatic heterocycles. The summed E-state index contributed by atoms with van der Waals surface area (Å²) < 4.78 is 5.40. The predicted octanol–water partition coefficient (Wildman–Crippen LogP) is 2.09. The number of nitrogens with one attached hydrogen (secondary N) is 1. The molecule has 0 fully saturated rings. The largest absolute Gasteiger partial charge is 0.496 e. The molecule has 0 saturated carbocycles. The zero-order chi connectivity index (χ0) is 15.1. The Morgan fingerprint density at radius 1 is 1.38 bits per heavy atom. The summed E-state index contributed by atoms with van der Waals surface area (Å²) in [5, 5.41) is 17.0. The molecule has 1 N–H and O–H groups in total. The molecule has 0 atom stereocenters. The lowest BCUT2D eigenvalue weighted by Crippen LogP contribution is -2.21. The lowest BCUT2D eigenvalue weighted by Gasteiger charge is -2.22. The molecule has 0 aliphatic carbocycles. The van der Waals surface area contributed by atoms with E-state index >= 15 is 0 Å². The molecule has 0 radical (unpaired) electrons. The lowest BCUT2D eigenvalue weighted by atomic mass is 10.2. The summed E-state index contributed by atoms with van der Waals surface area (Å²) in [7, 11) is 1.63. The summed E-state index contributed by atoms with van der Waals surface area (Å²) in [5.74, 6) is 0.927. The van der Waals surface area contributed by atoms with Gasteiger partial charge in [-0.15, -0.1) is 5.21 Å². The molecule has 0 saturated heterocycles. The smallest absolute Gasteiger partial charge is 0.129 e. The van der Waals surface area contributed by atoms with Crippen LogP contribution in [0.3, 0.4) is 0 Å². The fourth-order valence-corrected chi connectivity index (χ4v) is 1.93. The van der Waals surface area contributed by atoms with Crippen molar-refractivity contribution in [1.82, 2.24) is 20.6 Å². The molecule has 2 aromatic rings. The van der Waals surface area contributed by atoms with E-state index in [1.807, 2.05) is 18.2 Å². The van der Waals surface area contributed by atoms with Crippen LogP contribution in [0.1, 0.15) is 19.4 Å². The van der Waals surface area contributed by atoms with E-state index in [9.17, 15) is 0 Å². The number of hydrogen-bond donors (Lipinski definition) is 1. The van der Waals surface area contributed by atoms with Gasteiger partial charge in [-0.05, 0) is 26.0 Å². The molecule has 0 amide bonds. The van der Waals surface area contributed by atoms with Crippen LogP contribution >= 0.6 is 0 Å². The molecule has 112 valence electrons. The average molecular weight is 288 g/mol. The maximum Gasteiger partial charge on any atom is 0.129 e. The highest BCUT2D eigenvalue weighted by Crippen LogP contribution is 2.25. The highest BCUT2D eigenvalue weighted by atomic mass is 16.5.